The van der Waals surface area contributed by atoms with E-state index in [1.54, 1.807) is 25.1 Å². The fourth-order valence-corrected chi connectivity index (χ4v) is 2.44. The summed E-state index contributed by atoms with van der Waals surface area (Å²) in [7, 11) is 2.52. The van der Waals surface area contributed by atoms with Gasteiger partial charge in [-0.2, -0.15) is 9.78 Å². The first kappa shape index (κ1) is 19.7. The summed E-state index contributed by atoms with van der Waals surface area (Å²) in [6.45, 7) is 1.78. The van der Waals surface area contributed by atoms with Gasteiger partial charge in [0.2, 0.25) is 11.6 Å². The lowest BCUT2D eigenvalue weighted by molar-refractivity contribution is 0.0527. The normalized spacial score (nSPS) is 11.1. The number of hydrogen-bond donors (Lipinski definition) is 1. The Morgan fingerprint density at radius 3 is 2.62 bits per heavy atom. The van der Waals surface area contributed by atoms with Crippen LogP contribution in [0.2, 0.25) is 0 Å². The molecule has 0 aromatic carbocycles. The Hall–Kier alpha value is -4.09. The number of nitrogens with zero attached hydrogens (tertiary/aromatic N) is 7. The van der Waals surface area contributed by atoms with E-state index in [0.29, 0.717) is 5.82 Å². The van der Waals surface area contributed by atoms with Crippen molar-refractivity contribution in [3.8, 4) is 11.7 Å². The molecule has 0 saturated heterocycles. The van der Waals surface area contributed by atoms with Gasteiger partial charge in [-0.25, -0.2) is 14.6 Å². The van der Waals surface area contributed by atoms with Gasteiger partial charge in [0.15, 0.2) is 11.6 Å². The lowest BCUT2D eigenvalue weighted by atomic mass is 10.3. The molecule has 12 nitrogen and oxygen atoms in total. The summed E-state index contributed by atoms with van der Waals surface area (Å²) >= 11 is 0. The number of esters is 1. The van der Waals surface area contributed by atoms with E-state index in [-0.39, 0.29) is 18.0 Å². The monoisotopic (exact) mass is 399 g/mol. The van der Waals surface area contributed by atoms with E-state index in [2.05, 4.69) is 20.3 Å². The average Bonchev–Trinajstić information content (AvgIpc) is 3.15. The first-order valence-electron chi connectivity index (χ1n) is 8.44. The molecule has 1 N–H and O–H groups in total. The zero-order valence-electron chi connectivity index (χ0n) is 15.8. The largest absolute Gasteiger partial charge is 0.493 e. The Morgan fingerprint density at radius 1 is 1.21 bits per heavy atom. The van der Waals surface area contributed by atoms with Crippen molar-refractivity contribution in [1.82, 2.24) is 23.9 Å². The summed E-state index contributed by atoms with van der Waals surface area (Å²) in [5.41, 5.74) is -2.06. The highest BCUT2D eigenvalue weighted by Crippen LogP contribution is 2.27. The molecule has 3 aromatic rings. The molecule has 3 rings (SSSR count). The molecule has 3 aromatic heterocycles. The van der Waals surface area contributed by atoms with Crippen LogP contribution in [0.15, 0.2) is 50.4 Å². The van der Waals surface area contributed by atoms with Gasteiger partial charge in [0, 0.05) is 20.3 Å². The van der Waals surface area contributed by atoms with E-state index in [0.717, 1.165) is 9.13 Å². The Kier molecular flexibility index (Phi) is 5.34. The topological polar surface area (TPSA) is 146 Å². The van der Waals surface area contributed by atoms with Crippen LogP contribution in [0, 0.1) is 0 Å². The van der Waals surface area contributed by atoms with Gasteiger partial charge in [-0.1, -0.05) is 6.07 Å². The SMILES string of the molecule is CCOC(=O)c1cnn(-c2ccccn2)c1N=Nc1c(O)n(C)c(=O)n(C)c1=O. The molecule has 3 heterocycles. The highest BCUT2D eigenvalue weighted by Gasteiger charge is 2.21. The van der Waals surface area contributed by atoms with Crippen molar-refractivity contribution in [1.29, 1.82) is 0 Å². The second-order valence-electron chi connectivity index (χ2n) is 5.78. The summed E-state index contributed by atoms with van der Waals surface area (Å²) in [6.07, 6.45) is 2.76. The average molecular weight is 399 g/mol. The lowest BCUT2D eigenvalue weighted by Crippen LogP contribution is -2.36. The maximum Gasteiger partial charge on any atom is 0.343 e. The smallest absolute Gasteiger partial charge is 0.343 e. The fourth-order valence-electron chi connectivity index (χ4n) is 2.44. The van der Waals surface area contributed by atoms with Crippen LogP contribution in [0.1, 0.15) is 17.3 Å². The van der Waals surface area contributed by atoms with Crippen molar-refractivity contribution < 1.29 is 14.6 Å². The maximum atomic E-state index is 12.3. The minimum absolute atomic E-state index is 0.0117. The molecule has 150 valence electrons. The molecular formula is C17H17N7O5. The fraction of sp³-hybridized carbons (Fsp3) is 0.235. The number of aromatic hydroxyl groups is 1. The summed E-state index contributed by atoms with van der Waals surface area (Å²) in [5, 5.41) is 22.0. The molecule has 29 heavy (non-hydrogen) atoms. The van der Waals surface area contributed by atoms with E-state index >= 15 is 0 Å². The Bertz CT molecular complexity index is 1210. The van der Waals surface area contributed by atoms with Crippen molar-refractivity contribution in [3.63, 3.8) is 0 Å². The van der Waals surface area contributed by atoms with Crippen LogP contribution in [0.5, 0.6) is 5.88 Å². The molecule has 0 saturated carbocycles. The predicted octanol–water partition coefficient (Wildman–Crippen LogP) is 0.962. The van der Waals surface area contributed by atoms with Crippen LogP contribution in [-0.2, 0) is 18.8 Å². The van der Waals surface area contributed by atoms with E-state index in [1.165, 1.54) is 31.2 Å². The number of hydrogen-bond acceptors (Lipinski definition) is 9. The third-order valence-electron chi connectivity index (χ3n) is 3.96. The molecule has 0 unspecified atom stereocenters. The van der Waals surface area contributed by atoms with Gasteiger partial charge in [0.25, 0.3) is 5.56 Å². The van der Waals surface area contributed by atoms with Crippen molar-refractivity contribution >= 4 is 17.5 Å². The zero-order valence-corrected chi connectivity index (χ0v) is 15.8. The van der Waals surface area contributed by atoms with Crippen LogP contribution in [-0.4, -0.2) is 41.6 Å². The number of azo groups is 1. The molecule has 12 heteroatoms. The second kappa shape index (κ2) is 7.88. The van der Waals surface area contributed by atoms with Crippen LogP contribution in [0.25, 0.3) is 5.82 Å². The minimum Gasteiger partial charge on any atom is -0.493 e. The van der Waals surface area contributed by atoms with E-state index in [9.17, 15) is 19.5 Å². The highest BCUT2D eigenvalue weighted by atomic mass is 16.5. The molecule has 0 radical (unpaired) electrons. The van der Waals surface area contributed by atoms with Crippen molar-refractivity contribution in [2.75, 3.05) is 6.61 Å². The summed E-state index contributed by atoms with van der Waals surface area (Å²) in [5.74, 6) is -1.07. The van der Waals surface area contributed by atoms with Gasteiger partial charge in [-0.15, -0.1) is 10.2 Å². The van der Waals surface area contributed by atoms with Crippen molar-refractivity contribution in [2.45, 2.75) is 6.92 Å². The third-order valence-corrected chi connectivity index (χ3v) is 3.96. The molecule has 0 aliphatic rings. The minimum atomic E-state index is -0.851. The predicted molar refractivity (Wildman–Crippen MR) is 100 cm³/mol. The van der Waals surface area contributed by atoms with Gasteiger partial charge in [-0.3, -0.25) is 13.9 Å². The molecule has 0 atom stereocenters. The van der Waals surface area contributed by atoms with Gasteiger partial charge in [0.1, 0.15) is 5.56 Å². The van der Waals surface area contributed by atoms with Crippen LogP contribution in [0.4, 0.5) is 11.5 Å². The number of rotatable bonds is 5. The molecule has 0 spiro atoms. The van der Waals surface area contributed by atoms with Gasteiger partial charge >= 0.3 is 11.7 Å². The highest BCUT2D eigenvalue weighted by molar-refractivity contribution is 5.94. The Balaban J connectivity index is 2.19. The van der Waals surface area contributed by atoms with Crippen LogP contribution in [0.3, 0.4) is 0 Å². The summed E-state index contributed by atoms with van der Waals surface area (Å²) in [6, 6.07) is 5.04. The van der Waals surface area contributed by atoms with Crippen LogP contribution >= 0.6 is 0 Å². The molecule has 0 aliphatic carbocycles. The lowest BCUT2D eigenvalue weighted by Gasteiger charge is -2.07. The standard InChI is InChI=1S/C17H17N7O5/c1-4-29-16(27)10-9-19-24(11-7-5-6-8-18-11)13(10)21-20-12-14(25)22(2)17(28)23(3)15(12)26/h5-9,25H,4H2,1-3H3. The number of ether oxygens (including phenoxy) is 1. The zero-order chi connectivity index (χ0) is 21.1. The quantitative estimate of drug-likeness (QED) is 0.496. The number of aromatic nitrogens is 5. The number of carbonyl (C=O) groups is 1. The molecule has 0 amide bonds. The second-order valence-corrected chi connectivity index (χ2v) is 5.78. The number of carbonyl (C=O) groups excluding carboxylic acids is 1. The maximum absolute atomic E-state index is 12.3. The summed E-state index contributed by atoms with van der Waals surface area (Å²) in [4.78, 5) is 40.6. The first-order chi connectivity index (χ1) is 13.9. The van der Waals surface area contributed by atoms with Gasteiger partial charge in [-0.05, 0) is 19.1 Å². The number of pyridine rings is 1. The van der Waals surface area contributed by atoms with E-state index in [1.807, 2.05) is 0 Å². The molecular weight excluding hydrogens is 382 g/mol. The molecule has 0 bridgehead atoms. The van der Waals surface area contributed by atoms with Gasteiger partial charge in [0.05, 0.1) is 12.8 Å². The first-order valence-corrected chi connectivity index (χ1v) is 8.44. The Labute approximate surface area is 163 Å². The van der Waals surface area contributed by atoms with E-state index < -0.39 is 28.8 Å². The Morgan fingerprint density at radius 2 is 1.97 bits per heavy atom. The van der Waals surface area contributed by atoms with Crippen LogP contribution < -0.4 is 11.2 Å². The van der Waals surface area contributed by atoms with Crippen molar-refractivity contribution in [3.05, 3.63) is 57.0 Å². The van der Waals surface area contributed by atoms with E-state index in [4.69, 9.17) is 4.74 Å². The molecule has 0 fully saturated rings. The van der Waals surface area contributed by atoms with Crippen molar-refractivity contribution in [2.24, 2.45) is 24.3 Å². The third kappa shape index (κ3) is 3.54. The summed E-state index contributed by atoms with van der Waals surface area (Å²) < 4.78 is 7.85. The van der Waals surface area contributed by atoms with Gasteiger partial charge < -0.3 is 9.84 Å². The molecule has 0 aliphatic heterocycles.